The van der Waals surface area contributed by atoms with Gasteiger partial charge in [0.15, 0.2) is 0 Å². The van der Waals surface area contributed by atoms with Gasteiger partial charge < -0.3 is 20.1 Å². The van der Waals surface area contributed by atoms with E-state index in [2.05, 4.69) is 21.3 Å². The molecule has 2 N–H and O–H groups in total. The number of alkyl halides is 2. The van der Waals surface area contributed by atoms with Gasteiger partial charge in [-0.3, -0.25) is 0 Å². The van der Waals surface area contributed by atoms with Crippen LogP contribution in [-0.4, -0.2) is 47.5 Å². The summed E-state index contributed by atoms with van der Waals surface area (Å²) in [7, 11) is 0. The van der Waals surface area contributed by atoms with Crippen molar-refractivity contribution in [2.45, 2.75) is 58.1 Å². The number of anilines is 2. The molecule has 1 unspecified atom stereocenters. The van der Waals surface area contributed by atoms with Crippen LogP contribution in [0.1, 0.15) is 54.4 Å². The van der Waals surface area contributed by atoms with Gasteiger partial charge >= 0.3 is 5.92 Å². The van der Waals surface area contributed by atoms with Crippen LogP contribution in [-0.2, 0) is 23.5 Å². The number of aliphatic hydroxyl groups is 1. The minimum absolute atomic E-state index is 0.0818. The third-order valence-corrected chi connectivity index (χ3v) is 8.09. The van der Waals surface area contributed by atoms with E-state index in [4.69, 9.17) is 9.72 Å². The van der Waals surface area contributed by atoms with Crippen molar-refractivity contribution in [3.8, 4) is 0 Å². The van der Waals surface area contributed by atoms with Crippen molar-refractivity contribution in [2.24, 2.45) is 5.41 Å². The van der Waals surface area contributed by atoms with E-state index < -0.39 is 29.4 Å². The molecular formula is C28H31F3N4O2. The van der Waals surface area contributed by atoms with E-state index >= 15 is 4.39 Å². The Morgan fingerprint density at radius 3 is 2.54 bits per heavy atom. The van der Waals surface area contributed by atoms with Crippen molar-refractivity contribution in [3.05, 3.63) is 58.2 Å². The summed E-state index contributed by atoms with van der Waals surface area (Å²) in [6.07, 6.45) is 1.01. The normalized spacial score (nSPS) is 19.9. The van der Waals surface area contributed by atoms with Gasteiger partial charge in [-0.15, -0.1) is 0 Å². The number of nitrogens with one attached hydrogen (secondary N) is 1. The Morgan fingerprint density at radius 2 is 1.86 bits per heavy atom. The number of hydrogen-bond donors (Lipinski definition) is 2. The highest BCUT2D eigenvalue weighted by molar-refractivity contribution is 5.96. The van der Waals surface area contributed by atoms with Gasteiger partial charge in [-0.05, 0) is 63.3 Å². The molecule has 0 radical (unpaired) electrons. The molecule has 0 saturated carbocycles. The largest absolute Gasteiger partial charge is 0.387 e. The molecule has 3 aliphatic rings. The number of nitrogens with zero attached hydrogens (tertiary/aromatic N) is 3. The first-order chi connectivity index (χ1) is 17.6. The van der Waals surface area contributed by atoms with E-state index in [0.717, 1.165) is 69.5 Å². The van der Waals surface area contributed by atoms with Gasteiger partial charge in [0.05, 0.1) is 35.8 Å². The molecule has 2 aliphatic heterocycles. The molecule has 196 valence electrons. The highest BCUT2D eigenvalue weighted by atomic mass is 19.3. The summed E-state index contributed by atoms with van der Waals surface area (Å²) in [6, 6.07) is 5.37. The number of aryl methyl sites for hydroxylation is 2. The number of hydrogen-bond acceptors (Lipinski definition) is 6. The Balaban J connectivity index is 1.39. The molecule has 37 heavy (non-hydrogen) atoms. The Kier molecular flexibility index (Phi) is 5.65. The third-order valence-electron chi connectivity index (χ3n) is 8.09. The fourth-order valence-corrected chi connectivity index (χ4v) is 6.01. The maximum Gasteiger partial charge on any atom is 0.301 e. The third kappa shape index (κ3) is 3.85. The number of halogens is 3. The van der Waals surface area contributed by atoms with Gasteiger partial charge in [0.1, 0.15) is 23.6 Å². The minimum atomic E-state index is -3.70. The number of ether oxygens (including phenoxy) is 1. The van der Waals surface area contributed by atoms with Crippen LogP contribution in [0.4, 0.5) is 24.7 Å². The molecule has 6 nitrogen and oxygen atoms in total. The smallest absolute Gasteiger partial charge is 0.301 e. The summed E-state index contributed by atoms with van der Waals surface area (Å²) in [4.78, 5) is 11.8. The Morgan fingerprint density at radius 1 is 1.14 bits per heavy atom. The number of rotatable bonds is 6. The van der Waals surface area contributed by atoms with E-state index in [-0.39, 0.29) is 11.0 Å². The van der Waals surface area contributed by atoms with Gasteiger partial charge in [0.25, 0.3) is 0 Å². The topological polar surface area (TPSA) is 70.5 Å². The molecule has 3 heterocycles. The van der Waals surface area contributed by atoms with Gasteiger partial charge in [-0.2, -0.15) is 8.78 Å². The van der Waals surface area contributed by atoms with Crippen LogP contribution in [0.3, 0.4) is 0 Å². The monoisotopic (exact) mass is 512 g/mol. The van der Waals surface area contributed by atoms with E-state index in [1.807, 2.05) is 6.92 Å². The molecular weight excluding hydrogens is 481 g/mol. The summed E-state index contributed by atoms with van der Waals surface area (Å²) in [5.41, 5.74) is 4.22. The first-order valence-electron chi connectivity index (χ1n) is 12.9. The lowest BCUT2D eigenvalue weighted by atomic mass is 9.77. The summed E-state index contributed by atoms with van der Waals surface area (Å²) in [6.45, 7) is 8.05. The number of aromatic nitrogens is 2. The Bertz CT molecular complexity index is 1380. The molecule has 1 aromatic heterocycles. The molecule has 1 aliphatic carbocycles. The molecule has 9 heteroatoms. The Hall–Kier alpha value is -2.91. The first-order valence-corrected chi connectivity index (χ1v) is 12.9. The molecule has 2 fully saturated rings. The minimum Gasteiger partial charge on any atom is -0.387 e. The fourth-order valence-electron chi connectivity index (χ4n) is 6.01. The zero-order valence-electron chi connectivity index (χ0n) is 21.2. The predicted molar refractivity (Wildman–Crippen MR) is 136 cm³/mol. The highest BCUT2D eigenvalue weighted by Crippen LogP contribution is 2.46. The second-order valence-corrected chi connectivity index (χ2v) is 10.9. The summed E-state index contributed by atoms with van der Waals surface area (Å²) in [5.74, 6) is -3.58. The van der Waals surface area contributed by atoms with Crippen LogP contribution in [0, 0.1) is 18.2 Å². The van der Waals surface area contributed by atoms with Crippen LogP contribution in [0.25, 0.3) is 10.9 Å². The highest BCUT2D eigenvalue weighted by Gasteiger charge is 2.49. The fraction of sp³-hybridized carbons (Fsp3) is 0.500. The second-order valence-electron chi connectivity index (χ2n) is 10.9. The standard InChI is InChI=1S/C28H31F3N4O2/c1-15(18-6-5-9-22(24(18)29)28(30,31)16(2)36)32-26-21-10-23(35-11-27(12-35)13-37-14-27)19-7-4-8-20(19)25(21)33-17(3)34-26/h5-6,9-10,15-16,36H,4,7-8,11-14H2,1-3H3,(H,32,33,34)/t15-,16?/m1/s1. The molecule has 1 spiro atoms. The SMILES string of the molecule is Cc1nc(N[C@H](C)c2cccc(C(F)(F)C(C)O)c2F)c2cc(N3CC4(COC4)C3)c3c(c2n1)CCC3. The van der Waals surface area contributed by atoms with Gasteiger partial charge in [-0.1, -0.05) is 12.1 Å². The molecule has 2 saturated heterocycles. The number of aliphatic hydroxyl groups excluding tert-OH is 1. The van der Waals surface area contributed by atoms with Crippen molar-refractivity contribution in [1.29, 1.82) is 0 Å². The zero-order valence-corrected chi connectivity index (χ0v) is 21.2. The van der Waals surface area contributed by atoms with Crippen LogP contribution in [0.15, 0.2) is 24.3 Å². The molecule has 2 aromatic carbocycles. The van der Waals surface area contributed by atoms with Crippen LogP contribution >= 0.6 is 0 Å². The summed E-state index contributed by atoms with van der Waals surface area (Å²) in [5, 5.41) is 13.7. The van der Waals surface area contributed by atoms with Crippen LogP contribution in [0.5, 0.6) is 0 Å². The molecule has 3 aromatic rings. The van der Waals surface area contributed by atoms with E-state index in [1.54, 1.807) is 6.92 Å². The molecule has 6 rings (SSSR count). The lowest BCUT2D eigenvalue weighted by Crippen LogP contribution is -2.66. The van der Waals surface area contributed by atoms with Crippen molar-refractivity contribution >= 4 is 22.4 Å². The van der Waals surface area contributed by atoms with E-state index in [1.165, 1.54) is 28.9 Å². The first kappa shape index (κ1) is 24.4. The van der Waals surface area contributed by atoms with Gasteiger partial charge in [-0.25, -0.2) is 14.4 Å². The second kappa shape index (κ2) is 8.56. The van der Waals surface area contributed by atoms with E-state index in [9.17, 15) is 13.9 Å². The lowest BCUT2D eigenvalue weighted by Gasteiger charge is -2.56. The van der Waals surface area contributed by atoms with Crippen LogP contribution < -0.4 is 10.2 Å². The van der Waals surface area contributed by atoms with Crippen molar-refractivity contribution in [3.63, 3.8) is 0 Å². The quantitative estimate of drug-likeness (QED) is 0.482. The van der Waals surface area contributed by atoms with Crippen molar-refractivity contribution in [1.82, 2.24) is 9.97 Å². The van der Waals surface area contributed by atoms with Crippen LogP contribution in [0.2, 0.25) is 0 Å². The maximum atomic E-state index is 15.3. The van der Waals surface area contributed by atoms with Crippen molar-refractivity contribution < 1.29 is 23.0 Å². The molecule has 0 bridgehead atoms. The number of benzene rings is 2. The lowest BCUT2D eigenvalue weighted by molar-refractivity contribution is -0.127. The molecule has 0 amide bonds. The van der Waals surface area contributed by atoms with Gasteiger partial charge in [0, 0.05) is 29.7 Å². The Labute approximate surface area is 213 Å². The predicted octanol–water partition coefficient (Wildman–Crippen LogP) is 5.05. The average Bonchev–Trinajstić information content (AvgIpc) is 3.28. The summed E-state index contributed by atoms with van der Waals surface area (Å²) < 4.78 is 49.8. The zero-order chi connectivity index (χ0) is 26.1. The maximum absolute atomic E-state index is 15.3. The van der Waals surface area contributed by atoms with Crippen molar-refractivity contribution in [2.75, 3.05) is 36.5 Å². The summed E-state index contributed by atoms with van der Waals surface area (Å²) >= 11 is 0. The molecule has 2 atom stereocenters. The van der Waals surface area contributed by atoms with Gasteiger partial charge in [0.2, 0.25) is 0 Å². The number of fused-ring (bicyclic) bond motifs is 3. The van der Waals surface area contributed by atoms with E-state index in [0.29, 0.717) is 11.6 Å². The average molecular weight is 513 g/mol.